The first-order valence-electron chi connectivity index (χ1n) is 10.1. The average Bonchev–Trinajstić information content (AvgIpc) is 3.21. The van der Waals surface area contributed by atoms with E-state index in [9.17, 15) is 10.1 Å². The van der Waals surface area contributed by atoms with Gasteiger partial charge in [0, 0.05) is 17.8 Å². The lowest BCUT2D eigenvalue weighted by Crippen LogP contribution is -2.09. The fourth-order valence-electron chi connectivity index (χ4n) is 3.22. The van der Waals surface area contributed by atoms with E-state index in [0.717, 1.165) is 22.8 Å². The normalized spacial score (nSPS) is 11.1. The second kappa shape index (κ2) is 8.87. The van der Waals surface area contributed by atoms with E-state index in [1.807, 2.05) is 36.4 Å². The van der Waals surface area contributed by atoms with Gasteiger partial charge in [0.25, 0.3) is 5.69 Å². The number of hydrogen-bond donors (Lipinski definition) is 0. The largest absolute Gasteiger partial charge is 0.490 e. The highest BCUT2D eigenvalue weighted by Gasteiger charge is 2.10. The molecular weight excluding hydrogens is 394 g/mol. The van der Waals surface area contributed by atoms with Crippen molar-refractivity contribution >= 4 is 11.3 Å². The minimum absolute atomic E-state index is 0.0262. The SMILES string of the molecule is CC(C)c1ccc(OCCOc2ccc(-c3cn4cc([N+](=O)[O-])ccc4n3)cc2)cc1. The molecule has 0 N–H and O–H groups in total. The van der Waals surface area contributed by atoms with Crippen molar-refractivity contribution < 1.29 is 14.4 Å². The van der Waals surface area contributed by atoms with Crippen LogP contribution in [0.15, 0.2) is 73.1 Å². The smallest absolute Gasteiger partial charge is 0.286 e. The molecule has 158 valence electrons. The summed E-state index contributed by atoms with van der Waals surface area (Å²) >= 11 is 0. The lowest BCUT2D eigenvalue weighted by Gasteiger charge is -2.10. The molecular formula is C24H23N3O4. The Morgan fingerprint density at radius 2 is 1.52 bits per heavy atom. The van der Waals surface area contributed by atoms with Crippen LogP contribution >= 0.6 is 0 Å². The van der Waals surface area contributed by atoms with E-state index >= 15 is 0 Å². The van der Waals surface area contributed by atoms with Gasteiger partial charge in [-0.15, -0.1) is 0 Å². The van der Waals surface area contributed by atoms with Crippen LogP contribution in [0.1, 0.15) is 25.3 Å². The lowest BCUT2D eigenvalue weighted by molar-refractivity contribution is -0.385. The number of nitrogens with zero attached hydrogens (tertiary/aromatic N) is 3. The summed E-state index contributed by atoms with van der Waals surface area (Å²) in [6, 6.07) is 18.8. The molecule has 0 aliphatic rings. The Morgan fingerprint density at radius 1 is 0.903 bits per heavy atom. The summed E-state index contributed by atoms with van der Waals surface area (Å²) in [5.41, 5.74) is 3.60. The van der Waals surface area contributed by atoms with Crippen molar-refractivity contribution in [2.45, 2.75) is 19.8 Å². The number of rotatable bonds is 8. The van der Waals surface area contributed by atoms with Crippen LogP contribution < -0.4 is 9.47 Å². The molecule has 0 saturated heterocycles. The molecule has 0 atom stereocenters. The van der Waals surface area contributed by atoms with Gasteiger partial charge in [0.15, 0.2) is 0 Å². The Kier molecular flexibility index (Phi) is 5.84. The van der Waals surface area contributed by atoms with Crippen LogP contribution in [0.4, 0.5) is 5.69 Å². The third kappa shape index (κ3) is 4.83. The van der Waals surface area contributed by atoms with Crippen LogP contribution in [-0.2, 0) is 0 Å². The molecule has 7 heteroatoms. The molecule has 7 nitrogen and oxygen atoms in total. The number of aromatic nitrogens is 2. The Hall–Kier alpha value is -3.87. The van der Waals surface area contributed by atoms with Crippen LogP contribution in [0.25, 0.3) is 16.9 Å². The highest BCUT2D eigenvalue weighted by molar-refractivity contribution is 5.63. The van der Waals surface area contributed by atoms with Crippen molar-refractivity contribution in [2.24, 2.45) is 0 Å². The fourth-order valence-corrected chi connectivity index (χ4v) is 3.22. The van der Waals surface area contributed by atoms with Gasteiger partial charge in [-0.25, -0.2) is 4.98 Å². The van der Waals surface area contributed by atoms with E-state index in [1.54, 1.807) is 16.7 Å². The predicted molar refractivity (Wildman–Crippen MR) is 119 cm³/mol. The van der Waals surface area contributed by atoms with Crippen molar-refractivity contribution in [1.82, 2.24) is 9.38 Å². The Morgan fingerprint density at radius 3 is 2.10 bits per heavy atom. The maximum absolute atomic E-state index is 10.9. The maximum Gasteiger partial charge on any atom is 0.286 e. The molecule has 0 amide bonds. The van der Waals surface area contributed by atoms with E-state index in [-0.39, 0.29) is 5.69 Å². The molecule has 31 heavy (non-hydrogen) atoms. The summed E-state index contributed by atoms with van der Waals surface area (Å²) in [7, 11) is 0. The summed E-state index contributed by atoms with van der Waals surface area (Å²) in [5.74, 6) is 2.07. The van der Waals surface area contributed by atoms with Crippen LogP contribution in [0, 0.1) is 10.1 Å². The van der Waals surface area contributed by atoms with Gasteiger partial charge in [-0.3, -0.25) is 14.5 Å². The molecule has 0 unspecified atom stereocenters. The quantitative estimate of drug-likeness (QED) is 0.215. The Labute approximate surface area is 180 Å². The summed E-state index contributed by atoms with van der Waals surface area (Å²) in [6.45, 7) is 5.21. The zero-order valence-corrected chi connectivity index (χ0v) is 17.4. The molecule has 0 fully saturated rings. The van der Waals surface area contributed by atoms with Crippen molar-refractivity contribution in [1.29, 1.82) is 0 Å². The number of nitro groups is 1. The highest BCUT2D eigenvalue weighted by atomic mass is 16.6. The number of pyridine rings is 1. The van der Waals surface area contributed by atoms with E-state index < -0.39 is 4.92 Å². The minimum atomic E-state index is -0.421. The summed E-state index contributed by atoms with van der Waals surface area (Å²) in [4.78, 5) is 15.0. The monoisotopic (exact) mass is 417 g/mol. The van der Waals surface area contributed by atoms with Crippen LogP contribution in [0.5, 0.6) is 11.5 Å². The molecule has 0 aliphatic carbocycles. The summed E-state index contributed by atoms with van der Waals surface area (Å²) < 4.78 is 13.1. The number of benzene rings is 2. The van der Waals surface area contributed by atoms with E-state index in [2.05, 4.69) is 31.0 Å². The molecule has 2 heterocycles. The van der Waals surface area contributed by atoms with Gasteiger partial charge in [0.2, 0.25) is 0 Å². The van der Waals surface area contributed by atoms with Crippen molar-refractivity contribution in [3.63, 3.8) is 0 Å². The van der Waals surface area contributed by atoms with Gasteiger partial charge in [-0.1, -0.05) is 26.0 Å². The summed E-state index contributed by atoms with van der Waals surface area (Å²) in [6.07, 6.45) is 3.23. The number of imidazole rings is 1. The third-order valence-corrected chi connectivity index (χ3v) is 4.96. The van der Waals surface area contributed by atoms with Gasteiger partial charge in [0.05, 0.1) is 16.8 Å². The molecule has 2 aromatic carbocycles. The first kappa shape index (κ1) is 20.4. The number of hydrogen-bond acceptors (Lipinski definition) is 5. The van der Waals surface area contributed by atoms with Gasteiger partial charge >= 0.3 is 0 Å². The molecule has 4 rings (SSSR count). The van der Waals surface area contributed by atoms with E-state index in [0.29, 0.717) is 24.8 Å². The van der Waals surface area contributed by atoms with Crippen LogP contribution in [0.3, 0.4) is 0 Å². The topological polar surface area (TPSA) is 78.9 Å². The zero-order chi connectivity index (χ0) is 21.8. The fraction of sp³-hybridized carbons (Fsp3) is 0.208. The first-order chi connectivity index (χ1) is 15.0. The zero-order valence-electron chi connectivity index (χ0n) is 17.4. The number of ether oxygens (including phenoxy) is 2. The molecule has 0 saturated carbocycles. The summed E-state index contributed by atoms with van der Waals surface area (Å²) in [5, 5.41) is 10.9. The van der Waals surface area contributed by atoms with Crippen LogP contribution in [-0.4, -0.2) is 27.5 Å². The second-order valence-electron chi connectivity index (χ2n) is 7.48. The van der Waals surface area contributed by atoms with Crippen molar-refractivity contribution in [3.8, 4) is 22.8 Å². The Bertz CT molecular complexity index is 1180. The van der Waals surface area contributed by atoms with E-state index in [4.69, 9.17) is 9.47 Å². The first-order valence-corrected chi connectivity index (χ1v) is 10.1. The second-order valence-corrected chi connectivity index (χ2v) is 7.48. The molecule has 0 radical (unpaired) electrons. The molecule has 0 bridgehead atoms. The van der Waals surface area contributed by atoms with Gasteiger partial charge in [-0.2, -0.15) is 0 Å². The molecule has 0 spiro atoms. The maximum atomic E-state index is 10.9. The van der Waals surface area contributed by atoms with Gasteiger partial charge < -0.3 is 9.47 Å². The standard InChI is InChI=1S/C24H23N3O4/c1-17(2)18-3-8-21(9-4-18)30-13-14-31-22-10-5-19(6-11-22)23-16-26-15-20(27(28)29)7-12-24(26)25-23/h3-12,15-17H,13-14H2,1-2H3. The molecule has 2 aromatic heterocycles. The van der Waals surface area contributed by atoms with Gasteiger partial charge in [-0.05, 0) is 53.9 Å². The number of fused-ring (bicyclic) bond motifs is 1. The van der Waals surface area contributed by atoms with Crippen LogP contribution in [0.2, 0.25) is 0 Å². The minimum Gasteiger partial charge on any atom is -0.490 e. The van der Waals surface area contributed by atoms with Crippen molar-refractivity contribution in [2.75, 3.05) is 13.2 Å². The van der Waals surface area contributed by atoms with E-state index in [1.165, 1.54) is 17.8 Å². The molecule has 4 aromatic rings. The highest BCUT2D eigenvalue weighted by Crippen LogP contribution is 2.24. The van der Waals surface area contributed by atoms with Crippen molar-refractivity contribution in [3.05, 3.63) is 88.7 Å². The average molecular weight is 417 g/mol. The Balaban J connectivity index is 1.33. The lowest BCUT2D eigenvalue weighted by atomic mass is 10.0. The predicted octanol–water partition coefficient (Wildman–Crippen LogP) is 5.49. The van der Waals surface area contributed by atoms with Gasteiger partial charge in [0.1, 0.15) is 30.4 Å². The third-order valence-electron chi connectivity index (χ3n) is 4.96. The molecule has 0 aliphatic heterocycles.